The van der Waals surface area contributed by atoms with E-state index in [4.69, 9.17) is 5.73 Å². The van der Waals surface area contributed by atoms with Gasteiger partial charge in [0.05, 0.1) is 0 Å². The highest BCUT2D eigenvalue weighted by atomic mass is 15.2. The second-order valence-corrected chi connectivity index (χ2v) is 7.33. The standard InChI is InChI=1S/C16H27N3/c1-16(2)9-14(17)13-6-8-19(15(13)10-16)12-5-4-7-18(3)11-12/h6,8,12,14H,4-5,7,9-11,17H2,1-3H3. The number of likely N-dealkylation sites (N-methyl/N-ethyl adjacent to an activating group) is 1. The van der Waals surface area contributed by atoms with Crippen molar-refractivity contribution in [1.29, 1.82) is 0 Å². The van der Waals surface area contributed by atoms with E-state index in [1.807, 2.05) is 0 Å². The molecule has 0 spiro atoms. The molecule has 2 unspecified atom stereocenters. The van der Waals surface area contributed by atoms with E-state index >= 15 is 0 Å². The molecular formula is C16H27N3. The minimum Gasteiger partial charge on any atom is -0.347 e. The Balaban J connectivity index is 1.92. The lowest BCUT2D eigenvalue weighted by atomic mass is 9.74. The fraction of sp³-hybridized carbons (Fsp3) is 0.750. The van der Waals surface area contributed by atoms with Gasteiger partial charge in [0.2, 0.25) is 0 Å². The zero-order valence-corrected chi connectivity index (χ0v) is 12.5. The summed E-state index contributed by atoms with van der Waals surface area (Å²) in [5, 5.41) is 0. The molecule has 1 aromatic rings. The van der Waals surface area contributed by atoms with Crippen molar-refractivity contribution in [1.82, 2.24) is 9.47 Å². The molecule has 1 aromatic heterocycles. The number of nitrogens with zero attached hydrogens (tertiary/aromatic N) is 2. The third kappa shape index (κ3) is 2.46. The summed E-state index contributed by atoms with van der Waals surface area (Å²) >= 11 is 0. The molecule has 1 aliphatic carbocycles. The fourth-order valence-electron chi connectivity index (χ4n) is 3.97. The number of piperidine rings is 1. The highest BCUT2D eigenvalue weighted by Gasteiger charge is 2.34. The molecule has 0 bridgehead atoms. The van der Waals surface area contributed by atoms with E-state index in [1.165, 1.54) is 43.6 Å². The van der Waals surface area contributed by atoms with Crippen molar-refractivity contribution >= 4 is 0 Å². The Kier molecular flexibility index (Phi) is 3.22. The molecule has 3 nitrogen and oxygen atoms in total. The van der Waals surface area contributed by atoms with Crippen LogP contribution < -0.4 is 5.73 Å². The highest BCUT2D eigenvalue weighted by Crippen LogP contribution is 2.41. The van der Waals surface area contributed by atoms with Gasteiger partial charge in [-0.1, -0.05) is 13.8 Å². The number of fused-ring (bicyclic) bond motifs is 1. The van der Waals surface area contributed by atoms with E-state index < -0.39 is 0 Å². The van der Waals surface area contributed by atoms with Crippen molar-refractivity contribution in [3.05, 3.63) is 23.5 Å². The smallest absolute Gasteiger partial charge is 0.0460 e. The quantitative estimate of drug-likeness (QED) is 0.843. The van der Waals surface area contributed by atoms with E-state index in [9.17, 15) is 0 Å². The van der Waals surface area contributed by atoms with Gasteiger partial charge in [-0.15, -0.1) is 0 Å². The molecule has 2 heterocycles. The Morgan fingerprint density at radius 2 is 2.16 bits per heavy atom. The molecule has 1 fully saturated rings. The number of nitrogens with two attached hydrogens (primary N) is 1. The molecule has 2 atom stereocenters. The lowest BCUT2D eigenvalue weighted by Gasteiger charge is -2.37. The average Bonchev–Trinajstić information content (AvgIpc) is 2.71. The summed E-state index contributed by atoms with van der Waals surface area (Å²) in [6.45, 7) is 7.11. The summed E-state index contributed by atoms with van der Waals surface area (Å²) in [5.41, 5.74) is 9.60. The van der Waals surface area contributed by atoms with Gasteiger partial charge in [-0.3, -0.25) is 0 Å². The molecule has 2 N–H and O–H groups in total. The third-order valence-electron chi connectivity index (χ3n) is 4.87. The minimum absolute atomic E-state index is 0.223. The molecule has 0 amide bonds. The van der Waals surface area contributed by atoms with Gasteiger partial charge in [-0.2, -0.15) is 0 Å². The van der Waals surface area contributed by atoms with Crippen molar-refractivity contribution in [2.24, 2.45) is 11.1 Å². The molecule has 0 saturated carbocycles. The number of likely N-dealkylation sites (tertiary alicyclic amines) is 1. The van der Waals surface area contributed by atoms with E-state index in [0.29, 0.717) is 11.5 Å². The van der Waals surface area contributed by atoms with E-state index in [2.05, 4.69) is 42.6 Å². The number of rotatable bonds is 1. The minimum atomic E-state index is 0.223. The lowest BCUT2D eigenvalue weighted by Crippen LogP contribution is -2.36. The second kappa shape index (κ2) is 4.64. The van der Waals surface area contributed by atoms with Gasteiger partial charge < -0.3 is 15.2 Å². The predicted octanol–water partition coefficient (Wildman–Crippen LogP) is 2.73. The number of hydrogen-bond acceptors (Lipinski definition) is 2. The van der Waals surface area contributed by atoms with Crippen LogP contribution in [0.25, 0.3) is 0 Å². The van der Waals surface area contributed by atoms with E-state index in [0.717, 1.165) is 6.42 Å². The van der Waals surface area contributed by atoms with Crippen LogP contribution in [0.4, 0.5) is 0 Å². The van der Waals surface area contributed by atoms with Gasteiger partial charge in [-0.25, -0.2) is 0 Å². The van der Waals surface area contributed by atoms with Crippen LogP contribution in [0.1, 0.15) is 56.5 Å². The van der Waals surface area contributed by atoms with E-state index in [-0.39, 0.29) is 6.04 Å². The maximum Gasteiger partial charge on any atom is 0.0460 e. The molecule has 0 radical (unpaired) electrons. The van der Waals surface area contributed by atoms with Gasteiger partial charge in [0, 0.05) is 30.5 Å². The van der Waals surface area contributed by atoms with Crippen LogP contribution in [0.5, 0.6) is 0 Å². The molecule has 3 rings (SSSR count). The van der Waals surface area contributed by atoms with Gasteiger partial charge in [0.25, 0.3) is 0 Å². The summed E-state index contributed by atoms with van der Waals surface area (Å²) in [5.74, 6) is 0. The first kappa shape index (κ1) is 13.2. The Morgan fingerprint density at radius 3 is 2.89 bits per heavy atom. The molecule has 1 saturated heterocycles. The van der Waals surface area contributed by atoms with Crippen LogP contribution in [-0.2, 0) is 6.42 Å². The largest absolute Gasteiger partial charge is 0.347 e. The van der Waals surface area contributed by atoms with Crippen LogP contribution >= 0.6 is 0 Å². The van der Waals surface area contributed by atoms with Gasteiger partial charge >= 0.3 is 0 Å². The van der Waals surface area contributed by atoms with Crippen molar-refractivity contribution < 1.29 is 0 Å². The van der Waals surface area contributed by atoms with Crippen LogP contribution in [-0.4, -0.2) is 29.6 Å². The summed E-state index contributed by atoms with van der Waals surface area (Å²) in [6, 6.07) is 3.13. The zero-order valence-electron chi connectivity index (χ0n) is 12.5. The first-order valence-electron chi connectivity index (χ1n) is 7.60. The highest BCUT2D eigenvalue weighted by molar-refractivity contribution is 5.30. The molecular weight excluding hydrogens is 234 g/mol. The van der Waals surface area contributed by atoms with Crippen LogP contribution in [0.2, 0.25) is 0 Å². The zero-order chi connectivity index (χ0) is 13.6. The maximum atomic E-state index is 6.37. The van der Waals surface area contributed by atoms with Crippen molar-refractivity contribution in [2.75, 3.05) is 20.1 Å². The third-order valence-corrected chi connectivity index (χ3v) is 4.87. The first-order chi connectivity index (χ1) is 8.96. The van der Waals surface area contributed by atoms with Gasteiger partial charge in [0.1, 0.15) is 0 Å². The summed E-state index contributed by atoms with van der Waals surface area (Å²) in [4.78, 5) is 2.45. The first-order valence-corrected chi connectivity index (χ1v) is 7.60. The lowest BCUT2D eigenvalue weighted by molar-refractivity contribution is 0.202. The summed E-state index contributed by atoms with van der Waals surface area (Å²) < 4.78 is 2.53. The van der Waals surface area contributed by atoms with Crippen LogP contribution in [0.3, 0.4) is 0 Å². The van der Waals surface area contributed by atoms with Crippen molar-refractivity contribution in [3.8, 4) is 0 Å². The second-order valence-electron chi connectivity index (χ2n) is 7.33. The van der Waals surface area contributed by atoms with Gasteiger partial charge in [0.15, 0.2) is 0 Å². The predicted molar refractivity (Wildman–Crippen MR) is 79.2 cm³/mol. The van der Waals surface area contributed by atoms with E-state index in [1.54, 1.807) is 0 Å². The van der Waals surface area contributed by atoms with Crippen LogP contribution in [0.15, 0.2) is 12.3 Å². The number of hydrogen-bond donors (Lipinski definition) is 1. The normalized spacial score (nSPS) is 31.2. The summed E-state index contributed by atoms with van der Waals surface area (Å²) in [6.07, 6.45) is 7.18. The molecule has 0 aromatic carbocycles. The molecule has 3 heteroatoms. The van der Waals surface area contributed by atoms with Gasteiger partial charge in [-0.05, 0) is 56.3 Å². The molecule has 19 heavy (non-hydrogen) atoms. The fourth-order valence-corrected chi connectivity index (χ4v) is 3.97. The molecule has 1 aliphatic heterocycles. The Morgan fingerprint density at radius 1 is 1.37 bits per heavy atom. The Labute approximate surface area is 116 Å². The molecule has 106 valence electrons. The monoisotopic (exact) mass is 261 g/mol. The number of aromatic nitrogens is 1. The van der Waals surface area contributed by atoms with Crippen LogP contribution in [0, 0.1) is 5.41 Å². The average molecular weight is 261 g/mol. The SMILES string of the molecule is CN1CCCC(n2ccc3c2CC(C)(C)CC3N)C1. The Bertz CT molecular complexity index is 461. The Hall–Kier alpha value is -0.800. The molecule has 2 aliphatic rings. The van der Waals surface area contributed by atoms with Crippen molar-refractivity contribution in [2.45, 2.75) is 51.6 Å². The van der Waals surface area contributed by atoms with Crippen molar-refractivity contribution in [3.63, 3.8) is 0 Å². The maximum absolute atomic E-state index is 6.37. The summed E-state index contributed by atoms with van der Waals surface area (Å²) in [7, 11) is 2.23. The topological polar surface area (TPSA) is 34.2 Å².